The van der Waals surface area contributed by atoms with E-state index in [9.17, 15) is 4.79 Å². The predicted molar refractivity (Wildman–Crippen MR) is 64.1 cm³/mol. The van der Waals surface area contributed by atoms with Crippen LogP contribution in [0.4, 0.5) is 4.79 Å². The molecule has 0 aromatic carbocycles. The highest BCUT2D eigenvalue weighted by molar-refractivity contribution is 5.90. The van der Waals surface area contributed by atoms with Gasteiger partial charge in [0, 0.05) is 11.6 Å². The van der Waals surface area contributed by atoms with Gasteiger partial charge in [0.05, 0.1) is 0 Å². The quantitative estimate of drug-likeness (QED) is 0.658. The summed E-state index contributed by atoms with van der Waals surface area (Å²) in [5, 5.41) is 4.17. The molecule has 2 saturated carbocycles. The highest BCUT2D eigenvalue weighted by Crippen LogP contribution is 2.45. The lowest BCUT2D eigenvalue weighted by Gasteiger charge is -2.09. The molecule has 3 N–H and O–H groups in total. The van der Waals surface area contributed by atoms with Gasteiger partial charge in [0.1, 0.15) is 0 Å². The van der Waals surface area contributed by atoms with E-state index >= 15 is 0 Å². The SMILES string of the molecule is NC(=O)NN=C1CCCCCCCC2CC12. The first-order valence-electron chi connectivity index (χ1n) is 6.39. The first kappa shape index (κ1) is 11.4. The highest BCUT2D eigenvalue weighted by atomic mass is 16.2. The number of fused-ring (bicyclic) bond motifs is 1. The molecule has 4 nitrogen and oxygen atoms in total. The first-order chi connectivity index (χ1) is 7.77. The van der Waals surface area contributed by atoms with Crippen molar-refractivity contribution in [3.8, 4) is 0 Å². The van der Waals surface area contributed by atoms with Gasteiger partial charge in [-0.3, -0.25) is 0 Å². The number of amides is 2. The van der Waals surface area contributed by atoms with Crippen molar-refractivity contribution in [2.24, 2.45) is 22.7 Å². The Hall–Kier alpha value is -1.06. The topological polar surface area (TPSA) is 67.5 Å². The van der Waals surface area contributed by atoms with E-state index in [-0.39, 0.29) is 0 Å². The van der Waals surface area contributed by atoms with E-state index in [0.717, 1.165) is 12.3 Å². The van der Waals surface area contributed by atoms with Crippen molar-refractivity contribution >= 4 is 11.7 Å². The van der Waals surface area contributed by atoms with Crippen LogP contribution in [-0.2, 0) is 0 Å². The number of urea groups is 1. The maximum atomic E-state index is 10.6. The summed E-state index contributed by atoms with van der Waals surface area (Å²) in [4.78, 5) is 10.6. The van der Waals surface area contributed by atoms with Crippen LogP contribution in [0.5, 0.6) is 0 Å². The zero-order valence-corrected chi connectivity index (χ0v) is 9.74. The number of hydrogen-bond donors (Lipinski definition) is 2. The molecule has 0 spiro atoms. The Morgan fingerprint density at radius 2 is 2.00 bits per heavy atom. The number of nitrogens with one attached hydrogen (secondary N) is 1. The predicted octanol–water partition coefficient (Wildman–Crippen LogP) is 2.39. The molecule has 2 unspecified atom stereocenters. The Kier molecular flexibility index (Phi) is 3.80. The summed E-state index contributed by atoms with van der Waals surface area (Å²) in [7, 11) is 0. The maximum Gasteiger partial charge on any atom is 0.332 e. The third-order valence-corrected chi connectivity index (χ3v) is 3.67. The number of primary amides is 1. The van der Waals surface area contributed by atoms with Crippen LogP contribution in [0.2, 0.25) is 0 Å². The van der Waals surface area contributed by atoms with Crippen LogP contribution in [0.25, 0.3) is 0 Å². The van der Waals surface area contributed by atoms with E-state index in [0.29, 0.717) is 5.92 Å². The number of hydrogen-bond acceptors (Lipinski definition) is 2. The van der Waals surface area contributed by atoms with Crippen LogP contribution >= 0.6 is 0 Å². The van der Waals surface area contributed by atoms with E-state index in [1.165, 1.54) is 50.7 Å². The minimum absolute atomic E-state index is 0.554. The molecular formula is C12H21N3O. The van der Waals surface area contributed by atoms with Crippen molar-refractivity contribution in [1.29, 1.82) is 0 Å². The summed E-state index contributed by atoms with van der Waals surface area (Å²) in [5.74, 6) is 1.46. The Bertz CT molecular complexity index is 288. The van der Waals surface area contributed by atoms with Crippen molar-refractivity contribution in [2.75, 3.05) is 0 Å². The smallest absolute Gasteiger partial charge is 0.332 e. The second-order valence-electron chi connectivity index (χ2n) is 4.99. The van der Waals surface area contributed by atoms with Gasteiger partial charge >= 0.3 is 6.03 Å². The number of carbonyl (C=O) groups is 1. The fourth-order valence-electron chi connectivity index (χ4n) is 2.67. The van der Waals surface area contributed by atoms with Crippen LogP contribution in [-0.4, -0.2) is 11.7 Å². The van der Waals surface area contributed by atoms with E-state index in [1.807, 2.05) is 0 Å². The molecule has 0 bridgehead atoms. The molecule has 2 amide bonds. The van der Waals surface area contributed by atoms with E-state index in [2.05, 4.69) is 10.5 Å². The summed E-state index contributed by atoms with van der Waals surface area (Å²) < 4.78 is 0. The van der Waals surface area contributed by atoms with Gasteiger partial charge < -0.3 is 5.73 Å². The van der Waals surface area contributed by atoms with Crippen molar-refractivity contribution < 1.29 is 4.79 Å². The zero-order valence-electron chi connectivity index (χ0n) is 9.74. The number of rotatable bonds is 1. The van der Waals surface area contributed by atoms with Crippen LogP contribution in [0, 0.1) is 11.8 Å². The lowest BCUT2D eigenvalue weighted by molar-refractivity contribution is 0.249. The van der Waals surface area contributed by atoms with Crippen LogP contribution in [0.1, 0.15) is 51.4 Å². The lowest BCUT2D eigenvalue weighted by atomic mass is 10.00. The summed E-state index contributed by atoms with van der Waals surface area (Å²) in [5.41, 5.74) is 8.59. The third-order valence-electron chi connectivity index (χ3n) is 3.67. The Morgan fingerprint density at radius 3 is 2.81 bits per heavy atom. The molecule has 0 aliphatic heterocycles. The fourth-order valence-corrected chi connectivity index (χ4v) is 2.67. The van der Waals surface area contributed by atoms with Gasteiger partial charge in [-0.15, -0.1) is 0 Å². The van der Waals surface area contributed by atoms with Gasteiger partial charge in [0.25, 0.3) is 0 Å². The third kappa shape index (κ3) is 3.22. The highest BCUT2D eigenvalue weighted by Gasteiger charge is 2.40. The molecule has 0 heterocycles. The molecule has 4 heteroatoms. The molecule has 0 aromatic rings. The second kappa shape index (κ2) is 5.32. The molecule has 16 heavy (non-hydrogen) atoms. The summed E-state index contributed by atoms with van der Waals surface area (Å²) in [6.45, 7) is 0. The van der Waals surface area contributed by atoms with Crippen LogP contribution < -0.4 is 11.2 Å². The second-order valence-corrected chi connectivity index (χ2v) is 4.99. The van der Waals surface area contributed by atoms with Crippen LogP contribution in [0.15, 0.2) is 5.10 Å². The minimum Gasteiger partial charge on any atom is -0.350 e. The largest absolute Gasteiger partial charge is 0.350 e. The Morgan fingerprint density at radius 1 is 1.25 bits per heavy atom. The van der Waals surface area contributed by atoms with Crippen molar-refractivity contribution in [1.82, 2.24) is 5.43 Å². The molecule has 0 aromatic heterocycles. The monoisotopic (exact) mass is 223 g/mol. The van der Waals surface area contributed by atoms with E-state index in [4.69, 9.17) is 5.73 Å². The standard InChI is InChI=1S/C12H21N3O/c13-12(16)15-14-11-7-5-3-1-2-4-6-9-8-10(9)11/h9-10H,1-8H2,(H3,13,15,16). The average Bonchev–Trinajstić information content (AvgIpc) is 3.01. The average molecular weight is 223 g/mol. The molecule has 2 fully saturated rings. The number of hydrazone groups is 1. The first-order valence-corrected chi connectivity index (χ1v) is 6.39. The van der Waals surface area contributed by atoms with Crippen molar-refractivity contribution in [3.63, 3.8) is 0 Å². The molecule has 90 valence electrons. The fraction of sp³-hybridized carbons (Fsp3) is 0.833. The van der Waals surface area contributed by atoms with Crippen molar-refractivity contribution in [2.45, 2.75) is 51.4 Å². The van der Waals surface area contributed by atoms with Gasteiger partial charge in [-0.2, -0.15) is 5.10 Å². The molecule has 2 atom stereocenters. The van der Waals surface area contributed by atoms with E-state index < -0.39 is 6.03 Å². The van der Waals surface area contributed by atoms with Gasteiger partial charge in [0.2, 0.25) is 0 Å². The zero-order chi connectivity index (χ0) is 11.4. The molecule has 0 radical (unpaired) electrons. The normalized spacial score (nSPS) is 32.9. The summed E-state index contributed by atoms with van der Waals surface area (Å²) in [6.07, 6.45) is 10.2. The van der Waals surface area contributed by atoms with Gasteiger partial charge in [-0.1, -0.05) is 25.7 Å². The molecule has 2 aliphatic carbocycles. The van der Waals surface area contributed by atoms with Gasteiger partial charge in [-0.05, 0) is 31.6 Å². The van der Waals surface area contributed by atoms with Gasteiger partial charge in [0.15, 0.2) is 0 Å². The molecular weight excluding hydrogens is 202 g/mol. The lowest BCUT2D eigenvalue weighted by Crippen LogP contribution is -2.26. The number of nitrogens with zero attached hydrogens (tertiary/aromatic N) is 1. The minimum atomic E-state index is -0.554. The van der Waals surface area contributed by atoms with E-state index in [1.54, 1.807) is 0 Å². The molecule has 2 rings (SSSR count). The Labute approximate surface area is 96.7 Å². The van der Waals surface area contributed by atoms with Crippen LogP contribution in [0.3, 0.4) is 0 Å². The Balaban J connectivity index is 1.92. The maximum absolute atomic E-state index is 10.6. The molecule has 2 aliphatic rings. The number of nitrogens with two attached hydrogens (primary N) is 1. The summed E-state index contributed by atoms with van der Waals surface area (Å²) in [6, 6.07) is -0.554. The number of carbonyl (C=O) groups excluding carboxylic acids is 1. The molecule has 0 saturated heterocycles. The summed E-state index contributed by atoms with van der Waals surface area (Å²) >= 11 is 0. The van der Waals surface area contributed by atoms with Gasteiger partial charge in [-0.25, -0.2) is 10.2 Å². The van der Waals surface area contributed by atoms with Crippen molar-refractivity contribution in [3.05, 3.63) is 0 Å².